The van der Waals surface area contributed by atoms with E-state index in [1.807, 2.05) is 19.9 Å². The molecule has 1 aliphatic heterocycles. The number of hydrogen-bond donors (Lipinski definition) is 4. The quantitative estimate of drug-likeness (QED) is 0.0903. The molecule has 1 saturated heterocycles. The Morgan fingerprint density at radius 3 is 2.74 bits per heavy atom. The summed E-state index contributed by atoms with van der Waals surface area (Å²) in [5.41, 5.74) is 9.35. The van der Waals surface area contributed by atoms with E-state index < -0.39 is 6.09 Å². The van der Waals surface area contributed by atoms with E-state index in [1.165, 1.54) is 4.90 Å². The van der Waals surface area contributed by atoms with Gasteiger partial charge < -0.3 is 30.7 Å². The molecule has 3 aromatic heterocycles. The summed E-state index contributed by atoms with van der Waals surface area (Å²) < 4.78 is 8.10. The van der Waals surface area contributed by atoms with Crippen LogP contribution in [0.5, 0.6) is 0 Å². The molecule has 1 aromatic carbocycles. The van der Waals surface area contributed by atoms with Gasteiger partial charge in [-0.3, -0.25) is 9.48 Å². The Morgan fingerprint density at radius 1 is 1.31 bits per heavy atom. The van der Waals surface area contributed by atoms with Gasteiger partial charge in [0.25, 0.3) is 0 Å². The molecule has 12 nitrogen and oxygen atoms in total. The van der Waals surface area contributed by atoms with Crippen LogP contribution in [0.3, 0.4) is 0 Å². The normalized spacial score (nSPS) is 14.9. The van der Waals surface area contributed by atoms with Crippen LogP contribution in [0.15, 0.2) is 51.0 Å². The van der Waals surface area contributed by atoms with E-state index in [4.69, 9.17) is 26.9 Å². The van der Waals surface area contributed by atoms with Crippen molar-refractivity contribution in [2.75, 3.05) is 18.4 Å². The Kier molecular flexibility index (Phi) is 6.64. The van der Waals surface area contributed by atoms with Crippen LogP contribution >= 0.6 is 11.6 Å². The summed E-state index contributed by atoms with van der Waals surface area (Å²) in [6.07, 6.45) is 2.41. The number of rotatable bonds is 6. The number of carbonyl (C=O) groups is 1. The summed E-state index contributed by atoms with van der Waals surface area (Å²) in [4.78, 5) is 30.1. The maximum Gasteiger partial charge on any atom is 0.407 e. The molecule has 13 heteroatoms. The van der Waals surface area contributed by atoms with Gasteiger partial charge in [0.15, 0.2) is 11.3 Å². The number of oxime groups is 1. The fraction of sp³-hybridized carbons (Fsp3) is 0.269. The number of aryl methyl sites for hydroxylation is 1. The molecule has 0 saturated carbocycles. The molecule has 1 atom stereocenters. The van der Waals surface area contributed by atoms with Crippen molar-refractivity contribution in [2.45, 2.75) is 32.9 Å². The highest BCUT2D eigenvalue weighted by Gasteiger charge is 2.32. The largest absolute Gasteiger partial charge is 0.465 e. The molecule has 5 rings (SSSR count). The number of nitrogens with two attached hydrogens (primary N) is 1. The first kappa shape index (κ1) is 26.0. The van der Waals surface area contributed by atoms with E-state index in [1.54, 1.807) is 42.2 Å². The SMILES string of the molecule is Cc1cc(C(C)Nc2ccc(Cl)nc2/C(N)=N/O)c2oc(-c3cnn(C4CN(C(=O)O)C4)c3)c(C)c(=O)c2c1. The number of hydrogen-bond acceptors (Lipinski definition) is 8. The van der Waals surface area contributed by atoms with Gasteiger partial charge in [0.05, 0.1) is 34.9 Å². The smallest absolute Gasteiger partial charge is 0.407 e. The molecule has 1 unspecified atom stereocenters. The van der Waals surface area contributed by atoms with Gasteiger partial charge in [-0.2, -0.15) is 5.10 Å². The molecule has 1 aliphatic rings. The van der Waals surface area contributed by atoms with Crippen molar-refractivity contribution in [3.63, 3.8) is 0 Å². The minimum atomic E-state index is -0.964. The molecule has 1 fully saturated rings. The molecule has 4 aromatic rings. The van der Waals surface area contributed by atoms with Crippen LogP contribution in [-0.2, 0) is 0 Å². The van der Waals surface area contributed by atoms with Crippen molar-refractivity contribution in [2.24, 2.45) is 10.9 Å². The molecule has 1 amide bonds. The van der Waals surface area contributed by atoms with Gasteiger partial charge in [0, 0.05) is 30.4 Å². The predicted octanol–water partition coefficient (Wildman–Crippen LogP) is 4.12. The van der Waals surface area contributed by atoms with E-state index >= 15 is 0 Å². The van der Waals surface area contributed by atoms with Crippen molar-refractivity contribution in [1.29, 1.82) is 0 Å². The number of likely N-dealkylation sites (tertiary alicyclic amines) is 1. The minimum Gasteiger partial charge on any atom is -0.465 e. The monoisotopic (exact) mass is 551 g/mol. The maximum atomic E-state index is 13.5. The number of halogens is 1. The molecule has 5 N–H and O–H groups in total. The molecule has 0 radical (unpaired) electrons. The van der Waals surface area contributed by atoms with E-state index in [9.17, 15) is 14.8 Å². The summed E-state index contributed by atoms with van der Waals surface area (Å²) in [6, 6.07) is 6.49. The zero-order chi connectivity index (χ0) is 28.0. The number of amides is 1. The fourth-order valence-electron chi connectivity index (χ4n) is 4.70. The van der Waals surface area contributed by atoms with Gasteiger partial charge in [-0.1, -0.05) is 22.8 Å². The molecule has 39 heavy (non-hydrogen) atoms. The van der Waals surface area contributed by atoms with Gasteiger partial charge in [0.1, 0.15) is 22.2 Å². The summed E-state index contributed by atoms with van der Waals surface area (Å²) in [7, 11) is 0. The van der Waals surface area contributed by atoms with Crippen LogP contribution < -0.4 is 16.5 Å². The van der Waals surface area contributed by atoms with Gasteiger partial charge in [0.2, 0.25) is 0 Å². The number of aromatic nitrogens is 3. The van der Waals surface area contributed by atoms with Crippen molar-refractivity contribution in [1.82, 2.24) is 19.7 Å². The second kappa shape index (κ2) is 9.95. The summed E-state index contributed by atoms with van der Waals surface area (Å²) in [5, 5.41) is 29.7. The maximum absolute atomic E-state index is 13.5. The van der Waals surface area contributed by atoms with Crippen molar-refractivity contribution in [3.8, 4) is 11.3 Å². The number of anilines is 1. The number of pyridine rings is 1. The fourth-order valence-corrected chi connectivity index (χ4v) is 4.85. The number of nitrogens with zero attached hydrogens (tertiary/aromatic N) is 5. The lowest BCUT2D eigenvalue weighted by molar-refractivity contribution is 0.0812. The average Bonchev–Trinajstić information content (AvgIpc) is 3.34. The molecule has 202 valence electrons. The average molecular weight is 552 g/mol. The second-order valence-corrected chi connectivity index (χ2v) is 9.94. The van der Waals surface area contributed by atoms with Crippen LogP contribution in [0.4, 0.5) is 10.5 Å². The highest BCUT2D eigenvalue weighted by atomic mass is 35.5. The van der Waals surface area contributed by atoms with Crippen LogP contribution in [0.1, 0.15) is 41.4 Å². The molecular weight excluding hydrogens is 526 g/mol. The van der Waals surface area contributed by atoms with E-state index in [0.29, 0.717) is 52.2 Å². The number of benzene rings is 1. The molecular formula is C26H26ClN7O5. The minimum absolute atomic E-state index is 0.0816. The Balaban J connectivity index is 1.55. The standard InChI is InChI=1S/C26H26ClN7O5/c1-12-6-17(14(3)30-19-4-5-20(27)31-21(19)25(28)32-38)24-18(7-12)22(35)13(2)23(39-24)15-8-29-34(9-15)16-10-33(11-16)26(36)37/h4-9,14,16,30,38H,10-11H2,1-3H3,(H2,28,32)(H,36,37). The molecule has 0 spiro atoms. The third-order valence-electron chi connectivity index (χ3n) is 6.81. The predicted molar refractivity (Wildman–Crippen MR) is 146 cm³/mol. The van der Waals surface area contributed by atoms with Gasteiger partial charge >= 0.3 is 6.09 Å². The van der Waals surface area contributed by atoms with E-state index in [0.717, 1.165) is 5.56 Å². The lowest BCUT2D eigenvalue weighted by Gasteiger charge is -2.36. The Bertz CT molecular complexity index is 1690. The summed E-state index contributed by atoms with van der Waals surface area (Å²) in [5.74, 6) is 0.177. The first-order valence-corrected chi connectivity index (χ1v) is 12.5. The van der Waals surface area contributed by atoms with Crippen molar-refractivity contribution < 1.29 is 19.5 Å². The number of fused-ring (bicyclic) bond motifs is 1. The lowest BCUT2D eigenvalue weighted by atomic mass is 9.99. The Labute approximate surface area is 227 Å². The van der Waals surface area contributed by atoms with Gasteiger partial charge in [-0.25, -0.2) is 9.78 Å². The van der Waals surface area contributed by atoms with Crippen LogP contribution in [-0.4, -0.2) is 55.0 Å². The van der Waals surface area contributed by atoms with Crippen LogP contribution in [0.2, 0.25) is 5.15 Å². The zero-order valence-corrected chi connectivity index (χ0v) is 22.1. The van der Waals surface area contributed by atoms with Crippen molar-refractivity contribution in [3.05, 3.63) is 74.4 Å². The third kappa shape index (κ3) is 4.74. The second-order valence-electron chi connectivity index (χ2n) is 9.55. The highest BCUT2D eigenvalue weighted by Crippen LogP contribution is 2.33. The third-order valence-corrected chi connectivity index (χ3v) is 7.02. The Hall–Kier alpha value is -4.58. The van der Waals surface area contributed by atoms with Crippen LogP contribution in [0.25, 0.3) is 22.3 Å². The van der Waals surface area contributed by atoms with Gasteiger partial charge in [-0.05, 0) is 44.5 Å². The topological polar surface area (TPSA) is 172 Å². The summed E-state index contributed by atoms with van der Waals surface area (Å²) >= 11 is 6.02. The number of nitrogens with one attached hydrogen (secondary N) is 1. The number of amidine groups is 1. The van der Waals surface area contributed by atoms with Gasteiger partial charge in [-0.15, -0.1) is 0 Å². The van der Waals surface area contributed by atoms with Crippen LogP contribution in [0, 0.1) is 13.8 Å². The molecule has 0 bridgehead atoms. The summed E-state index contributed by atoms with van der Waals surface area (Å²) in [6.45, 7) is 6.18. The Morgan fingerprint density at radius 2 is 2.05 bits per heavy atom. The van der Waals surface area contributed by atoms with E-state index in [2.05, 4.69) is 20.6 Å². The zero-order valence-electron chi connectivity index (χ0n) is 21.3. The molecule has 0 aliphatic carbocycles. The highest BCUT2D eigenvalue weighted by molar-refractivity contribution is 6.29. The van der Waals surface area contributed by atoms with E-state index in [-0.39, 0.29) is 34.2 Å². The number of carboxylic acid groups (broad SMARTS) is 1. The molecule has 4 heterocycles. The lowest BCUT2D eigenvalue weighted by Crippen LogP contribution is -2.50. The van der Waals surface area contributed by atoms with Crippen molar-refractivity contribution >= 4 is 40.2 Å². The first-order valence-electron chi connectivity index (χ1n) is 12.1. The first-order chi connectivity index (χ1) is 18.6.